The number of carbonyl (C=O) groups excluding carboxylic acids is 1. The highest BCUT2D eigenvalue weighted by Gasteiger charge is 2.22. The lowest BCUT2D eigenvalue weighted by Crippen LogP contribution is -2.18. The van der Waals surface area contributed by atoms with Crippen LogP contribution in [0.2, 0.25) is 0 Å². The fraction of sp³-hybridized carbons (Fsp3) is 0.136. The molecule has 0 aliphatic carbocycles. The summed E-state index contributed by atoms with van der Waals surface area (Å²) in [6.07, 6.45) is -0.921. The van der Waals surface area contributed by atoms with Crippen LogP contribution in [0, 0.1) is 0 Å². The van der Waals surface area contributed by atoms with Gasteiger partial charge in [0, 0.05) is 21.7 Å². The van der Waals surface area contributed by atoms with E-state index in [9.17, 15) is 9.90 Å². The molecule has 0 saturated carbocycles. The molecule has 0 bridgehead atoms. The summed E-state index contributed by atoms with van der Waals surface area (Å²) in [4.78, 5) is 12.8. The predicted molar refractivity (Wildman–Crippen MR) is 110 cm³/mol. The van der Waals surface area contributed by atoms with Crippen molar-refractivity contribution in [2.75, 3.05) is 18.5 Å². The molecule has 1 atom stereocenters. The Labute approximate surface area is 171 Å². The van der Waals surface area contributed by atoms with E-state index in [2.05, 4.69) is 21.2 Å². The second-order valence-corrected chi connectivity index (χ2v) is 7.28. The van der Waals surface area contributed by atoms with Gasteiger partial charge in [-0.15, -0.1) is 0 Å². The molecule has 2 N–H and O–H groups in total. The van der Waals surface area contributed by atoms with Crippen molar-refractivity contribution in [1.29, 1.82) is 0 Å². The van der Waals surface area contributed by atoms with Crippen LogP contribution in [0.3, 0.4) is 0 Å². The van der Waals surface area contributed by atoms with E-state index in [1.165, 1.54) is 0 Å². The first-order valence-corrected chi connectivity index (χ1v) is 9.64. The molecule has 6 heteroatoms. The number of benzene rings is 3. The van der Waals surface area contributed by atoms with Crippen LogP contribution in [0.4, 0.5) is 5.69 Å². The fourth-order valence-corrected chi connectivity index (χ4v) is 3.48. The maximum Gasteiger partial charge on any atom is 0.255 e. The van der Waals surface area contributed by atoms with Gasteiger partial charge in [-0.2, -0.15) is 0 Å². The van der Waals surface area contributed by atoms with Crippen LogP contribution in [0.5, 0.6) is 11.5 Å². The summed E-state index contributed by atoms with van der Waals surface area (Å²) in [5.41, 5.74) is 2.24. The lowest BCUT2D eigenvalue weighted by atomic mass is 9.98. The zero-order chi connectivity index (χ0) is 19.5. The molecule has 0 spiro atoms. The second-order valence-electron chi connectivity index (χ2n) is 6.36. The van der Waals surface area contributed by atoms with Crippen molar-refractivity contribution >= 4 is 27.5 Å². The largest absolute Gasteiger partial charge is 0.486 e. The van der Waals surface area contributed by atoms with Crippen molar-refractivity contribution in [1.82, 2.24) is 0 Å². The molecule has 1 amide bonds. The van der Waals surface area contributed by atoms with E-state index in [1.807, 2.05) is 36.4 Å². The molecule has 0 aromatic heterocycles. The molecule has 4 rings (SSSR count). The van der Waals surface area contributed by atoms with E-state index in [1.54, 1.807) is 30.3 Å². The highest BCUT2D eigenvalue weighted by Crippen LogP contribution is 2.39. The number of ether oxygens (including phenoxy) is 2. The monoisotopic (exact) mass is 439 g/mol. The molecule has 28 heavy (non-hydrogen) atoms. The molecule has 1 unspecified atom stereocenters. The minimum Gasteiger partial charge on any atom is -0.486 e. The predicted octanol–water partition coefficient (Wildman–Crippen LogP) is 4.55. The molecular formula is C22H18BrNO4. The van der Waals surface area contributed by atoms with Crippen molar-refractivity contribution in [3.63, 3.8) is 0 Å². The molecule has 142 valence electrons. The third-order valence-corrected chi connectivity index (χ3v) is 4.95. The summed E-state index contributed by atoms with van der Waals surface area (Å²) in [7, 11) is 0. The van der Waals surface area contributed by atoms with E-state index in [4.69, 9.17) is 9.47 Å². The van der Waals surface area contributed by atoms with E-state index in [0.717, 1.165) is 10.0 Å². The molecule has 0 radical (unpaired) electrons. The maximum absolute atomic E-state index is 12.8. The van der Waals surface area contributed by atoms with Crippen LogP contribution in [0.25, 0.3) is 0 Å². The Kier molecular flexibility index (Phi) is 5.32. The number of nitrogens with one attached hydrogen (secondary N) is 1. The van der Waals surface area contributed by atoms with Gasteiger partial charge < -0.3 is 19.9 Å². The van der Waals surface area contributed by atoms with Crippen LogP contribution in [0.1, 0.15) is 27.6 Å². The number of rotatable bonds is 4. The minimum atomic E-state index is -0.921. The standard InChI is InChI=1S/C22H18BrNO4/c23-16-8-4-7-15(11-16)22(26)24-18-13-20-19(27-9-10-28-20)12-17(18)21(25)14-5-2-1-3-6-14/h1-8,11-13,21,25H,9-10H2,(H,24,26). The summed E-state index contributed by atoms with van der Waals surface area (Å²) >= 11 is 3.38. The highest BCUT2D eigenvalue weighted by molar-refractivity contribution is 9.10. The van der Waals surface area contributed by atoms with Crippen molar-refractivity contribution in [2.24, 2.45) is 0 Å². The first-order valence-electron chi connectivity index (χ1n) is 8.85. The van der Waals surface area contributed by atoms with Crippen molar-refractivity contribution in [3.05, 3.63) is 87.9 Å². The molecule has 3 aromatic rings. The third kappa shape index (κ3) is 3.88. The van der Waals surface area contributed by atoms with E-state index >= 15 is 0 Å². The smallest absolute Gasteiger partial charge is 0.255 e. The molecule has 0 saturated heterocycles. The number of halogens is 1. The minimum absolute atomic E-state index is 0.278. The van der Waals surface area contributed by atoms with Crippen LogP contribution < -0.4 is 14.8 Å². The van der Waals surface area contributed by atoms with Crippen molar-refractivity contribution < 1.29 is 19.4 Å². The number of carbonyl (C=O) groups is 1. The third-order valence-electron chi connectivity index (χ3n) is 4.46. The maximum atomic E-state index is 12.8. The van der Waals surface area contributed by atoms with Gasteiger partial charge in [-0.1, -0.05) is 52.3 Å². The van der Waals surface area contributed by atoms with Gasteiger partial charge in [-0.05, 0) is 29.8 Å². The lowest BCUT2D eigenvalue weighted by Gasteiger charge is -2.23. The zero-order valence-electron chi connectivity index (χ0n) is 14.9. The van der Waals surface area contributed by atoms with Gasteiger partial charge in [0.2, 0.25) is 0 Å². The normalized spacial score (nSPS) is 13.6. The Morgan fingerprint density at radius 2 is 1.68 bits per heavy atom. The molecule has 1 aliphatic rings. The van der Waals surface area contributed by atoms with Gasteiger partial charge >= 0.3 is 0 Å². The summed E-state index contributed by atoms with van der Waals surface area (Å²) in [5.74, 6) is 0.816. The van der Waals surface area contributed by atoms with Gasteiger partial charge in [0.15, 0.2) is 11.5 Å². The molecule has 0 fully saturated rings. The van der Waals surface area contributed by atoms with E-state index in [0.29, 0.717) is 41.5 Å². The number of anilines is 1. The number of aliphatic hydroxyl groups is 1. The second kappa shape index (κ2) is 8.04. The number of hydrogen-bond acceptors (Lipinski definition) is 4. The van der Waals surface area contributed by atoms with Gasteiger partial charge in [-0.25, -0.2) is 0 Å². The summed E-state index contributed by atoms with van der Waals surface area (Å²) in [6, 6.07) is 19.8. The van der Waals surface area contributed by atoms with E-state index in [-0.39, 0.29) is 5.91 Å². The van der Waals surface area contributed by atoms with Crippen molar-refractivity contribution in [3.8, 4) is 11.5 Å². The summed E-state index contributed by atoms with van der Waals surface area (Å²) in [5, 5.41) is 13.8. The van der Waals surface area contributed by atoms with Crippen molar-refractivity contribution in [2.45, 2.75) is 6.10 Å². The van der Waals surface area contributed by atoms with Crippen LogP contribution >= 0.6 is 15.9 Å². The Balaban J connectivity index is 1.73. The molecular weight excluding hydrogens is 422 g/mol. The number of aliphatic hydroxyl groups excluding tert-OH is 1. The average molecular weight is 440 g/mol. The quantitative estimate of drug-likeness (QED) is 0.625. The molecule has 5 nitrogen and oxygen atoms in total. The fourth-order valence-electron chi connectivity index (χ4n) is 3.08. The lowest BCUT2D eigenvalue weighted by molar-refractivity contribution is 0.102. The average Bonchev–Trinajstić information content (AvgIpc) is 2.73. The highest BCUT2D eigenvalue weighted by atomic mass is 79.9. The Morgan fingerprint density at radius 3 is 2.39 bits per heavy atom. The van der Waals surface area contributed by atoms with Gasteiger partial charge in [0.1, 0.15) is 19.3 Å². The van der Waals surface area contributed by atoms with Crippen LogP contribution in [-0.4, -0.2) is 24.2 Å². The zero-order valence-corrected chi connectivity index (χ0v) is 16.5. The summed E-state index contributed by atoms with van der Waals surface area (Å²) < 4.78 is 12.1. The first kappa shape index (κ1) is 18.5. The number of hydrogen-bond donors (Lipinski definition) is 2. The van der Waals surface area contributed by atoms with Crippen LogP contribution in [0.15, 0.2) is 71.2 Å². The topological polar surface area (TPSA) is 67.8 Å². The first-order chi connectivity index (χ1) is 13.6. The Morgan fingerprint density at radius 1 is 0.964 bits per heavy atom. The number of amides is 1. The van der Waals surface area contributed by atoms with E-state index < -0.39 is 6.10 Å². The SMILES string of the molecule is O=C(Nc1cc2c(cc1C(O)c1ccccc1)OCCO2)c1cccc(Br)c1. The van der Waals surface area contributed by atoms with Gasteiger partial charge in [0.25, 0.3) is 5.91 Å². The molecule has 3 aromatic carbocycles. The van der Waals surface area contributed by atoms with Crippen LogP contribution in [-0.2, 0) is 0 Å². The number of fused-ring (bicyclic) bond motifs is 1. The summed E-state index contributed by atoms with van der Waals surface area (Å²) in [6.45, 7) is 0.879. The Bertz CT molecular complexity index is 1010. The molecule has 1 aliphatic heterocycles. The van der Waals surface area contributed by atoms with Gasteiger partial charge in [-0.3, -0.25) is 4.79 Å². The van der Waals surface area contributed by atoms with Gasteiger partial charge in [0.05, 0.1) is 5.69 Å². The molecule has 1 heterocycles. The Hall–Kier alpha value is -2.83.